The first-order valence-corrected chi connectivity index (χ1v) is 7.41. The maximum absolute atomic E-state index is 5.45. The monoisotopic (exact) mass is 276 g/mol. The Morgan fingerprint density at radius 3 is 2.79 bits per heavy atom. The summed E-state index contributed by atoms with van der Waals surface area (Å²) in [5.74, 6) is 0.943. The number of methoxy groups -OCH3 is 1. The van der Waals surface area contributed by atoms with Crippen molar-refractivity contribution in [2.45, 2.75) is 32.4 Å². The van der Waals surface area contributed by atoms with Crippen molar-refractivity contribution in [3.8, 4) is 5.75 Å². The molecular formula is C15H20N2OS. The quantitative estimate of drug-likeness (QED) is 0.867. The van der Waals surface area contributed by atoms with Gasteiger partial charge in [-0.05, 0) is 19.4 Å². The highest BCUT2D eigenvalue weighted by molar-refractivity contribution is 7.09. The second-order valence-corrected chi connectivity index (χ2v) is 5.41. The minimum atomic E-state index is 0.285. The van der Waals surface area contributed by atoms with E-state index in [-0.39, 0.29) is 6.04 Å². The number of ether oxygens (including phenoxy) is 1. The Morgan fingerprint density at radius 1 is 1.37 bits per heavy atom. The molecule has 2 rings (SSSR count). The summed E-state index contributed by atoms with van der Waals surface area (Å²) in [6, 6.07) is 8.77. The molecule has 0 aliphatic rings. The molecule has 1 aromatic heterocycles. The Labute approximate surface area is 118 Å². The molecule has 1 aromatic carbocycles. The van der Waals surface area contributed by atoms with Crippen molar-refractivity contribution in [1.82, 2.24) is 10.3 Å². The molecule has 0 radical (unpaired) electrons. The van der Waals surface area contributed by atoms with E-state index in [1.165, 1.54) is 10.4 Å². The average molecular weight is 276 g/mol. The van der Waals surface area contributed by atoms with Gasteiger partial charge in [-0.15, -0.1) is 11.3 Å². The predicted molar refractivity (Wildman–Crippen MR) is 79.7 cm³/mol. The van der Waals surface area contributed by atoms with Crippen molar-refractivity contribution in [3.63, 3.8) is 0 Å². The van der Waals surface area contributed by atoms with Gasteiger partial charge in [0, 0.05) is 28.7 Å². The smallest absolute Gasteiger partial charge is 0.123 e. The lowest BCUT2D eigenvalue weighted by Crippen LogP contribution is -2.24. The lowest BCUT2D eigenvalue weighted by Gasteiger charge is -2.23. The third kappa shape index (κ3) is 3.33. The minimum Gasteiger partial charge on any atom is -0.496 e. The maximum Gasteiger partial charge on any atom is 0.123 e. The Balaban J connectivity index is 2.16. The first-order valence-electron chi connectivity index (χ1n) is 6.53. The van der Waals surface area contributed by atoms with Gasteiger partial charge in [0.2, 0.25) is 0 Å². The highest BCUT2D eigenvalue weighted by Crippen LogP contribution is 2.29. The molecule has 3 nitrogen and oxygen atoms in total. The fourth-order valence-electron chi connectivity index (χ4n) is 2.21. The molecule has 0 fully saturated rings. The first-order chi connectivity index (χ1) is 9.26. The van der Waals surface area contributed by atoms with E-state index in [0.29, 0.717) is 6.04 Å². The highest BCUT2D eigenvalue weighted by atomic mass is 32.1. The molecule has 19 heavy (non-hydrogen) atoms. The van der Waals surface area contributed by atoms with Crippen molar-refractivity contribution in [2.24, 2.45) is 0 Å². The summed E-state index contributed by atoms with van der Waals surface area (Å²) in [6.45, 7) is 4.36. The third-order valence-corrected chi connectivity index (χ3v) is 4.21. The van der Waals surface area contributed by atoms with Crippen LogP contribution in [0.15, 0.2) is 36.0 Å². The number of hydrogen-bond donors (Lipinski definition) is 1. The first kappa shape index (κ1) is 14.0. The molecule has 102 valence electrons. The zero-order valence-electron chi connectivity index (χ0n) is 11.6. The van der Waals surface area contributed by atoms with E-state index in [1.54, 1.807) is 18.4 Å². The standard InChI is InChI=1S/C15H20N2OS/c1-4-13(12-7-5-6-8-14(12)18-3)17-11(2)15-9-16-10-19-15/h5-11,13,17H,4H2,1-3H3. The molecule has 2 aromatic rings. The van der Waals surface area contributed by atoms with Gasteiger partial charge in [0.1, 0.15) is 5.75 Å². The van der Waals surface area contributed by atoms with Crippen LogP contribution < -0.4 is 10.1 Å². The molecule has 0 aliphatic carbocycles. The van der Waals surface area contributed by atoms with E-state index in [1.807, 2.05) is 23.8 Å². The molecule has 1 N–H and O–H groups in total. The molecule has 0 saturated heterocycles. The van der Waals surface area contributed by atoms with Gasteiger partial charge in [-0.3, -0.25) is 4.98 Å². The van der Waals surface area contributed by atoms with Crippen molar-refractivity contribution < 1.29 is 4.74 Å². The van der Waals surface area contributed by atoms with E-state index in [4.69, 9.17) is 4.74 Å². The van der Waals surface area contributed by atoms with Crippen LogP contribution in [0.5, 0.6) is 5.75 Å². The van der Waals surface area contributed by atoms with Gasteiger partial charge >= 0.3 is 0 Å². The van der Waals surface area contributed by atoms with Crippen molar-refractivity contribution in [3.05, 3.63) is 46.4 Å². The van der Waals surface area contributed by atoms with Crippen LogP contribution in [0.3, 0.4) is 0 Å². The summed E-state index contributed by atoms with van der Waals surface area (Å²) in [5, 5.41) is 3.65. The van der Waals surface area contributed by atoms with E-state index in [2.05, 4.69) is 36.3 Å². The van der Waals surface area contributed by atoms with Gasteiger partial charge in [-0.1, -0.05) is 25.1 Å². The van der Waals surface area contributed by atoms with E-state index >= 15 is 0 Å². The van der Waals surface area contributed by atoms with Crippen molar-refractivity contribution >= 4 is 11.3 Å². The number of nitrogens with zero attached hydrogens (tertiary/aromatic N) is 1. The summed E-state index contributed by atoms with van der Waals surface area (Å²) >= 11 is 1.68. The molecule has 2 atom stereocenters. The molecule has 2 unspecified atom stereocenters. The maximum atomic E-state index is 5.45. The molecular weight excluding hydrogens is 256 g/mol. The summed E-state index contributed by atoms with van der Waals surface area (Å²) in [5.41, 5.74) is 3.08. The number of thiazole rings is 1. The fraction of sp³-hybridized carbons (Fsp3) is 0.400. The van der Waals surface area contributed by atoms with Gasteiger partial charge in [0.25, 0.3) is 0 Å². The number of para-hydroxylation sites is 1. The Morgan fingerprint density at radius 2 is 2.16 bits per heavy atom. The molecule has 0 spiro atoms. The Bertz CT molecular complexity index is 499. The summed E-state index contributed by atoms with van der Waals surface area (Å²) in [4.78, 5) is 5.39. The van der Waals surface area contributed by atoms with Gasteiger partial charge in [0.05, 0.1) is 12.6 Å². The zero-order valence-corrected chi connectivity index (χ0v) is 12.4. The molecule has 0 bridgehead atoms. The fourth-order valence-corrected chi connectivity index (χ4v) is 2.84. The van der Waals surface area contributed by atoms with Gasteiger partial charge < -0.3 is 10.1 Å². The van der Waals surface area contributed by atoms with Gasteiger partial charge in [0.15, 0.2) is 0 Å². The van der Waals surface area contributed by atoms with Crippen LogP contribution in [-0.2, 0) is 0 Å². The molecule has 1 heterocycles. The molecule has 0 amide bonds. The van der Waals surface area contributed by atoms with Crippen LogP contribution >= 0.6 is 11.3 Å². The average Bonchev–Trinajstić information content (AvgIpc) is 2.98. The van der Waals surface area contributed by atoms with Crippen LogP contribution in [-0.4, -0.2) is 12.1 Å². The molecule has 0 aliphatic heterocycles. The lowest BCUT2D eigenvalue weighted by molar-refractivity contribution is 0.389. The molecule has 4 heteroatoms. The second kappa shape index (κ2) is 6.68. The van der Waals surface area contributed by atoms with Crippen LogP contribution in [0, 0.1) is 0 Å². The number of rotatable bonds is 6. The number of benzene rings is 1. The summed E-state index contributed by atoms with van der Waals surface area (Å²) in [7, 11) is 1.72. The van der Waals surface area contributed by atoms with Crippen LogP contribution in [0.4, 0.5) is 0 Å². The lowest BCUT2D eigenvalue weighted by atomic mass is 10.0. The normalized spacial score (nSPS) is 14.1. The largest absolute Gasteiger partial charge is 0.496 e. The predicted octanol–water partition coefficient (Wildman–Crippen LogP) is 3.95. The Kier molecular flexibility index (Phi) is 4.93. The van der Waals surface area contributed by atoms with Crippen molar-refractivity contribution in [1.29, 1.82) is 0 Å². The van der Waals surface area contributed by atoms with E-state index in [0.717, 1.165) is 12.2 Å². The second-order valence-electron chi connectivity index (χ2n) is 4.49. The van der Waals surface area contributed by atoms with Gasteiger partial charge in [-0.2, -0.15) is 0 Å². The van der Waals surface area contributed by atoms with Crippen molar-refractivity contribution in [2.75, 3.05) is 7.11 Å². The summed E-state index contributed by atoms with van der Waals surface area (Å²) in [6.07, 6.45) is 2.95. The van der Waals surface area contributed by atoms with Crippen LogP contribution in [0.25, 0.3) is 0 Å². The Hall–Kier alpha value is -1.39. The van der Waals surface area contributed by atoms with E-state index in [9.17, 15) is 0 Å². The number of aromatic nitrogens is 1. The minimum absolute atomic E-state index is 0.285. The SMILES string of the molecule is CCC(NC(C)c1cncs1)c1ccccc1OC. The van der Waals surface area contributed by atoms with E-state index < -0.39 is 0 Å². The van der Waals surface area contributed by atoms with Gasteiger partial charge in [-0.25, -0.2) is 0 Å². The van der Waals surface area contributed by atoms with Crippen LogP contribution in [0.2, 0.25) is 0 Å². The summed E-state index contributed by atoms with van der Waals surface area (Å²) < 4.78 is 5.45. The number of nitrogens with one attached hydrogen (secondary N) is 1. The number of hydrogen-bond acceptors (Lipinski definition) is 4. The topological polar surface area (TPSA) is 34.2 Å². The molecule has 0 saturated carbocycles. The van der Waals surface area contributed by atoms with Crippen LogP contribution in [0.1, 0.15) is 42.8 Å². The zero-order chi connectivity index (χ0) is 13.7. The highest BCUT2D eigenvalue weighted by Gasteiger charge is 2.17. The third-order valence-electron chi connectivity index (χ3n) is 3.25.